The molecule has 0 saturated carbocycles. The molecule has 126 valence electrons. The number of anilines is 1. The van der Waals surface area contributed by atoms with Gasteiger partial charge in [-0.15, -0.1) is 0 Å². The van der Waals surface area contributed by atoms with Gasteiger partial charge in [0.2, 0.25) is 0 Å². The van der Waals surface area contributed by atoms with Crippen LogP contribution in [0.25, 0.3) is 0 Å². The normalized spacial score (nSPS) is 10.4. The van der Waals surface area contributed by atoms with E-state index in [0.717, 1.165) is 14.5 Å². The van der Waals surface area contributed by atoms with Crippen molar-refractivity contribution in [3.8, 4) is 0 Å². The fourth-order valence-electron chi connectivity index (χ4n) is 1.88. The fourth-order valence-corrected chi connectivity index (χ4v) is 4.02. The summed E-state index contributed by atoms with van der Waals surface area (Å²) in [6.07, 6.45) is 0. The molecule has 24 heavy (non-hydrogen) atoms. The number of halogens is 4. The van der Waals surface area contributed by atoms with Gasteiger partial charge in [-0.2, -0.15) is 0 Å². The van der Waals surface area contributed by atoms with E-state index in [0.29, 0.717) is 15.7 Å². The van der Waals surface area contributed by atoms with E-state index in [2.05, 4.69) is 37.2 Å². The van der Waals surface area contributed by atoms with Gasteiger partial charge >= 0.3 is 5.97 Å². The van der Waals surface area contributed by atoms with Gasteiger partial charge in [-0.25, -0.2) is 4.79 Å². The lowest BCUT2D eigenvalue weighted by Crippen LogP contribution is -2.21. The SMILES string of the molecule is Cc1cc(Br)c(NC(=O)COC(=O)c2cc(Cl)cc(Cl)c2)c(Br)c1. The van der Waals surface area contributed by atoms with Crippen molar-refractivity contribution in [1.82, 2.24) is 0 Å². The topological polar surface area (TPSA) is 55.4 Å². The number of carbonyl (C=O) groups is 2. The van der Waals surface area contributed by atoms with Crippen LogP contribution >= 0.6 is 55.1 Å². The molecule has 8 heteroatoms. The second-order valence-corrected chi connectivity index (χ2v) is 7.47. The second kappa shape index (κ2) is 8.34. The summed E-state index contributed by atoms with van der Waals surface area (Å²) in [6.45, 7) is 1.49. The van der Waals surface area contributed by atoms with Gasteiger partial charge in [0.25, 0.3) is 5.91 Å². The summed E-state index contributed by atoms with van der Waals surface area (Å²) in [5.74, 6) is -1.15. The lowest BCUT2D eigenvalue weighted by molar-refractivity contribution is -0.119. The van der Waals surface area contributed by atoms with Crippen LogP contribution in [0.5, 0.6) is 0 Å². The molecule has 0 unspecified atom stereocenters. The minimum Gasteiger partial charge on any atom is -0.452 e. The molecule has 0 bridgehead atoms. The van der Waals surface area contributed by atoms with Gasteiger partial charge in [-0.05, 0) is 74.7 Å². The van der Waals surface area contributed by atoms with E-state index in [-0.39, 0.29) is 5.56 Å². The Labute approximate surface area is 165 Å². The van der Waals surface area contributed by atoms with Crippen LogP contribution in [0.1, 0.15) is 15.9 Å². The molecule has 0 aliphatic rings. The van der Waals surface area contributed by atoms with Crippen LogP contribution in [0.15, 0.2) is 39.3 Å². The van der Waals surface area contributed by atoms with Crippen molar-refractivity contribution in [2.45, 2.75) is 6.92 Å². The van der Waals surface area contributed by atoms with Gasteiger partial charge in [0.15, 0.2) is 6.61 Å². The number of aryl methyl sites for hydroxylation is 1. The standard InChI is InChI=1S/C16H11Br2Cl2NO3/c1-8-2-12(17)15(13(18)3-8)21-14(22)7-24-16(23)9-4-10(19)6-11(20)5-9/h2-6H,7H2,1H3,(H,21,22). The maximum absolute atomic E-state index is 12.0. The van der Waals surface area contributed by atoms with Crippen LogP contribution in [-0.4, -0.2) is 18.5 Å². The molecule has 1 amide bonds. The van der Waals surface area contributed by atoms with Crippen molar-refractivity contribution in [1.29, 1.82) is 0 Å². The number of nitrogens with one attached hydrogen (secondary N) is 1. The number of esters is 1. The molecule has 0 aliphatic heterocycles. The molecule has 0 aromatic heterocycles. The highest BCUT2D eigenvalue weighted by atomic mass is 79.9. The van der Waals surface area contributed by atoms with Crippen LogP contribution < -0.4 is 5.32 Å². The fraction of sp³-hybridized carbons (Fsp3) is 0.125. The van der Waals surface area contributed by atoms with Crippen molar-refractivity contribution in [2.75, 3.05) is 11.9 Å². The monoisotopic (exact) mass is 493 g/mol. The largest absolute Gasteiger partial charge is 0.452 e. The molecule has 0 saturated heterocycles. The molecule has 4 nitrogen and oxygen atoms in total. The van der Waals surface area contributed by atoms with Crippen LogP contribution in [0, 0.1) is 6.92 Å². The zero-order valence-electron chi connectivity index (χ0n) is 12.3. The molecule has 1 N–H and O–H groups in total. The zero-order chi connectivity index (χ0) is 17.9. The van der Waals surface area contributed by atoms with Gasteiger partial charge in [0.05, 0.1) is 11.3 Å². The summed E-state index contributed by atoms with van der Waals surface area (Å²) >= 11 is 18.4. The Balaban J connectivity index is 2.00. The van der Waals surface area contributed by atoms with Gasteiger partial charge in [0.1, 0.15) is 0 Å². The van der Waals surface area contributed by atoms with Crippen molar-refractivity contribution < 1.29 is 14.3 Å². The van der Waals surface area contributed by atoms with Gasteiger partial charge in [0, 0.05) is 19.0 Å². The van der Waals surface area contributed by atoms with Gasteiger partial charge in [-0.3, -0.25) is 4.79 Å². The highest BCUT2D eigenvalue weighted by molar-refractivity contribution is 9.11. The summed E-state index contributed by atoms with van der Waals surface area (Å²) in [4.78, 5) is 23.9. The summed E-state index contributed by atoms with van der Waals surface area (Å²) < 4.78 is 6.41. The van der Waals surface area contributed by atoms with Crippen molar-refractivity contribution in [2.24, 2.45) is 0 Å². The maximum Gasteiger partial charge on any atom is 0.338 e. The first-order valence-electron chi connectivity index (χ1n) is 6.65. The quantitative estimate of drug-likeness (QED) is 0.560. The van der Waals surface area contributed by atoms with Crippen molar-refractivity contribution in [3.05, 3.63) is 60.4 Å². The molecule has 0 fully saturated rings. The number of rotatable bonds is 4. The number of carbonyl (C=O) groups excluding carboxylic acids is 2. The van der Waals surface area contributed by atoms with Gasteiger partial charge < -0.3 is 10.1 Å². The van der Waals surface area contributed by atoms with Crippen LogP contribution in [0.4, 0.5) is 5.69 Å². The third kappa shape index (κ3) is 5.21. The van der Waals surface area contributed by atoms with E-state index < -0.39 is 18.5 Å². The Morgan fingerprint density at radius 3 is 2.12 bits per heavy atom. The predicted molar refractivity (Wildman–Crippen MR) is 102 cm³/mol. The lowest BCUT2D eigenvalue weighted by Gasteiger charge is -2.11. The summed E-state index contributed by atoms with van der Waals surface area (Å²) in [7, 11) is 0. The zero-order valence-corrected chi connectivity index (χ0v) is 17.0. The third-order valence-electron chi connectivity index (χ3n) is 2.88. The van der Waals surface area contributed by atoms with Crippen LogP contribution in [0.3, 0.4) is 0 Å². The number of benzene rings is 2. The second-order valence-electron chi connectivity index (χ2n) is 4.89. The smallest absolute Gasteiger partial charge is 0.338 e. The van der Waals surface area contributed by atoms with Crippen LogP contribution in [0.2, 0.25) is 10.0 Å². The van der Waals surface area contributed by atoms with E-state index in [4.69, 9.17) is 27.9 Å². The van der Waals surface area contributed by atoms with E-state index in [9.17, 15) is 9.59 Å². The van der Waals surface area contributed by atoms with E-state index in [1.807, 2.05) is 19.1 Å². The highest BCUT2D eigenvalue weighted by Gasteiger charge is 2.14. The van der Waals surface area contributed by atoms with Crippen molar-refractivity contribution in [3.63, 3.8) is 0 Å². The molecule has 2 aromatic carbocycles. The average molecular weight is 496 g/mol. The Morgan fingerprint density at radius 1 is 1.04 bits per heavy atom. The molecule has 0 heterocycles. The van der Waals surface area contributed by atoms with Crippen LogP contribution in [-0.2, 0) is 9.53 Å². The highest BCUT2D eigenvalue weighted by Crippen LogP contribution is 2.32. The molecule has 0 radical (unpaired) electrons. The number of hydrogen-bond donors (Lipinski definition) is 1. The Morgan fingerprint density at radius 2 is 1.58 bits per heavy atom. The Hall–Kier alpha value is -1.08. The molecule has 2 rings (SSSR count). The number of ether oxygens (including phenoxy) is 1. The van der Waals surface area contributed by atoms with E-state index in [1.54, 1.807) is 0 Å². The first-order valence-corrected chi connectivity index (χ1v) is 8.99. The third-order valence-corrected chi connectivity index (χ3v) is 4.57. The van der Waals surface area contributed by atoms with Crippen molar-refractivity contribution >= 4 is 72.6 Å². The summed E-state index contributed by atoms with van der Waals surface area (Å²) in [6, 6.07) is 8.06. The summed E-state index contributed by atoms with van der Waals surface area (Å²) in [5.41, 5.74) is 1.77. The average Bonchev–Trinajstić information content (AvgIpc) is 2.47. The van der Waals surface area contributed by atoms with E-state index >= 15 is 0 Å². The Kier molecular flexibility index (Phi) is 6.69. The molecule has 2 aromatic rings. The molecule has 0 spiro atoms. The predicted octanol–water partition coefficient (Wildman–Crippen LogP) is 5.62. The minimum atomic E-state index is -0.684. The molecule has 0 atom stereocenters. The van der Waals surface area contributed by atoms with E-state index in [1.165, 1.54) is 18.2 Å². The molecular weight excluding hydrogens is 485 g/mol. The maximum atomic E-state index is 12.0. The number of amides is 1. The first-order chi connectivity index (χ1) is 11.3. The molecule has 0 aliphatic carbocycles. The molecular formula is C16H11Br2Cl2NO3. The first kappa shape index (κ1) is 19.2. The minimum absolute atomic E-state index is 0.179. The Bertz CT molecular complexity index is 769. The van der Waals surface area contributed by atoms with Gasteiger partial charge in [-0.1, -0.05) is 23.2 Å². The number of hydrogen-bond acceptors (Lipinski definition) is 3. The lowest BCUT2D eigenvalue weighted by atomic mass is 10.2. The summed E-state index contributed by atoms with van der Waals surface area (Å²) in [5, 5.41) is 3.30.